The number of carbonyl (C=O) groups is 2. The predicted octanol–water partition coefficient (Wildman–Crippen LogP) is 3.31. The molecule has 5 nitrogen and oxygen atoms in total. The first kappa shape index (κ1) is 18.5. The van der Waals surface area contributed by atoms with E-state index in [9.17, 15) is 9.59 Å². The summed E-state index contributed by atoms with van der Waals surface area (Å²) in [7, 11) is 0. The molecule has 1 saturated carbocycles. The Morgan fingerprint density at radius 1 is 1.16 bits per heavy atom. The predicted molar refractivity (Wildman–Crippen MR) is 100 cm³/mol. The highest BCUT2D eigenvalue weighted by Gasteiger charge is 2.32. The topological polar surface area (TPSA) is 61.4 Å². The molecule has 3 rings (SSSR count). The first-order valence-electron chi connectivity index (χ1n) is 8.80. The van der Waals surface area contributed by atoms with Crippen molar-refractivity contribution in [3.63, 3.8) is 0 Å². The van der Waals surface area contributed by atoms with Crippen molar-refractivity contribution in [2.24, 2.45) is 5.92 Å². The van der Waals surface area contributed by atoms with Crippen LogP contribution in [0.15, 0.2) is 18.2 Å². The minimum absolute atomic E-state index is 0.0114. The number of nitrogens with zero attached hydrogens (tertiary/aromatic N) is 1. The van der Waals surface area contributed by atoms with Crippen LogP contribution in [0.1, 0.15) is 32.1 Å². The number of rotatable bonds is 6. The lowest BCUT2D eigenvalue weighted by Gasteiger charge is -2.35. The number of nitrogens with one attached hydrogen (secondary N) is 2. The standard InChI is InChI=1S/C18H23Cl2N3O2/c19-13-6-7-15(14(20)9-13)22-18(25)16-3-1-2-8-23(16)17(24)11-21-10-12-4-5-12/h6-7,9,12,16,21H,1-5,8,10-11H2,(H,22,25). The molecule has 1 aromatic carbocycles. The maximum atomic E-state index is 12.7. The van der Waals surface area contributed by atoms with Crippen LogP contribution < -0.4 is 10.6 Å². The molecule has 1 unspecified atom stereocenters. The summed E-state index contributed by atoms with van der Waals surface area (Å²) in [6, 6.07) is 4.49. The van der Waals surface area contributed by atoms with Gasteiger partial charge in [-0.25, -0.2) is 0 Å². The lowest BCUT2D eigenvalue weighted by atomic mass is 10.0. The van der Waals surface area contributed by atoms with E-state index in [4.69, 9.17) is 23.2 Å². The highest BCUT2D eigenvalue weighted by atomic mass is 35.5. The number of carbonyl (C=O) groups excluding carboxylic acids is 2. The molecule has 7 heteroatoms. The van der Waals surface area contributed by atoms with Gasteiger partial charge in [-0.2, -0.15) is 0 Å². The fourth-order valence-corrected chi connectivity index (χ4v) is 3.57. The third-order valence-corrected chi connectivity index (χ3v) is 5.27. The van der Waals surface area contributed by atoms with Crippen LogP contribution in [0.2, 0.25) is 10.0 Å². The van der Waals surface area contributed by atoms with E-state index in [1.165, 1.54) is 12.8 Å². The first-order chi connectivity index (χ1) is 12.0. The second-order valence-corrected chi connectivity index (χ2v) is 7.63. The number of piperidine rings is 1. The van der Waals surface area contributed by atoms with E-state index in [1.54, 1.807) is 23.1 Å². The van der Waals surface area contributed by atoms with Crippen LogP contribution >= 0.6 is 23.2 Å². The summed E-state index contributed by atoms with van der Waals surface area (Å²) >= 11 is 12.0. The number of likely N-dealkylation sites (tertiary alicyclic amines) is 1. The van der Waals surface area contributed by atoms with E-state index in [0.29, 0.717) is 35.2 Å². The lowest BCUT2D eigenvalue weighted by Crippen LogP contribution is -2.52. The molecular formula is C18H23Cl2N3O2. The van der Waals surface area contributed by atoms with E-state index < -0.39 is 6.04 Å². The number of benzene rings is 1. The Balaban J connectivity index is 1.60. The quantitative estimate of drug-likeness (QED) is 0.791. The highest BCUT2D eigenvalue weighted by Crippen LogP contribution is 2.28. The van der Waals surface area contributed by atoms with Gasteiger partial charge < -0.3 is 15.5 Å². The van der Waals surface area contributed by atoms with Gasteiger partial charge in [-0.15, -0.1) is 0 Å². The van der Waals surface area contributed by atoms with Crippen LogP contribution in [0.4, 0.5) is 5.69 Å². The molecule has 2 N–H and O–H groups in total. The average molecular weight is 384 g/mol. The average Bonchev–Trinajstić information content (AvgIpc) is 3.41. The number of hydrogen-bond acceptors (Lipinski definition) is 3. The van der Waals surface area contributed by atoms with Crippen molar-refractivity contribution < 1.29 is 9.59 Å². The minimum atomic E-state index is -0.448. The van der Waals surface area contributed by atoms with Crippen molar-refractivity contribution in [2.75, 3.05) is 25.0 Å². The molecule has 0 aromatic heterocycles. The Bertz CT molecular complexity index is 649. The largest absolute Gasteiger partial charge is 0.330 e. The van der Waals surface area contributed by atoms with Gasteiger partial charge in [-0.05, 0) is 62.8 Å². The van der Waals surface area contributed by atoms with Gasteiger partial charge in [-0.1, -0.05) is 23.2 Å². The molecule has 0 bridgehead atoms. The van der Waals surface area contributed by atoms with Gasteiger partial charge in [0.1, 0.15) is 6.04 Å². The zero-order valence-electron chi connectivity index (χ0n) is 14.1. The van der Waals surface area contributed by atoms with Gasteiger partial charge in [0, 0.05) is 11.6 Å². The normalized spacial score (nSPS) is 20.4. The van der Waals surface area contributed by atoms with Crippen molar-refractivity contribution in [2.45, 2.75) is 38.1 Å². The van der Waals surface area contributed by atoms with Crippen LogP contribution in [-0.2, 0) is 9.59 Å². The van der Waals surface area contributed by atoms with Gasteiger partial charge in [0.2, 0.25) is 11.8 Å². The molecule has 25 heavy (non-hydrogen) atoms. The van der Waals surface area contributed by atoms with E-state index in [1.807, 2.05) is 0 Å². The summed E-state index contributed by atoms with van der Waals surface area (Å²) in [5, 5.41) is 6.95. The molecule has 1 atom stereocenters. The van der Waals surface area contributed by atoms with Gasteiger partial charge in [0.15, 0.2) is 0 Å². The van der Waals surface area contributed by atoms with Crippen molar-refractivity contribution in [1.29, 1.82) is 0 Å². The van der Waals surface area contributed by atoms with Gasteiger partial charge in [0.25, 0.3) is 0 Å². The van der Waals surface area contributed by atoms with Crippen LogP contribution in [0.25, 0.3) is 0 Å². The third kappa shape index (κ3) is 5.09. The summed E-state index contributed by atoms with van der Waals surface area (Å²) in [6.45, 7) is 1.80. The molecule has 0 radical (unpaired) electrons. The lowest BCUT2D eigenvalue weighted by molar-refractivity contribution is -0.139. The van der Waals surface area contributed by atoms with Gasteiger partial charge in [0.05, 0.1) is 17.3 Å². The summed E-state index contributed by atoms with van der Waals surface area (Å²) in [6.07, 6.45) is 5.03. The molecule has 136 valence electrons. The van der Waals surface area contributed by atoms with Crippen LogP contribution in [-0.4, -0.2) is 42.4 Å². The maximum Gasteiger partial charge on any atom is 0.247 e. The highest BCUT2D eigenvalue weighted by molar-refractivity contribution is 6.36. The van der Waals surface area contributed by atoms with Crippen LogP contribution in [0.5, 0.6) is 0 Å². The fraction of sp³-hybridized carbons (Fsp3) is 0.556. The monoisotopic (exact) mass is 383 g/mol. The first-order valence-corrected chi connectivity index (χ1v) is 9.56. The van der Waals surface area contributed by atoms with Crippen molar-refractivity contribution in [3.05, 3.63) is 28.2 Å². The van der Waals surface area contributed by atoms with Gasteiger partial charge in [-0.3, -0.25) is 9.59 Å². The van der Waals surface area contributed by atoms with E-state index in [0.717, 1.165) is 25.3 Å². The molecular weight excluding hydrogens is 361 g/mol. The Labute approximate surface area is 158 Å². The molecule has 1 aliphatic carbocycles. The zero-order chi connectivity index (χ0) is 17.8. The van der Waals surface area contributed by atoms with Crippen molar-refractivity contribution >= 4 is 40.7 Å². The van der Waals surface area contributed by atoms with Crippen LogP contribution in [0.3, 0.4) is 0 Å². The van der Waals surface area contributed by atoms with Crippen molar-refractivity contribution in [1.82, 2.24) is 10.2 Å². The maximum absolute atomic E-state index is 12.7. The molecule has 1 heterocycles. The SMILES string of the molecule is O=C(Nc1ccc(Cl)cc1Cl)C1CCCCN1C(=O)CNCC1CC1. The number of hydrogen-bond donors (Lipinski definition) is 2. The molecule has 1 aromatic rings. The second-order valence-electron chi connectivity index (χ2n) is 6.79. The number of anilines is 1. The Morgan fingerprint density at radius 2 is 1.96 bits per heavy atom. The number of halogens is 2. The molecule has 0 spiro atoms. The molecule has 2 aliphatic rings. The fourth-order valence-electron chi connectivity index (χ4n) is 3.12. The molecule has 2 fully saturated rings. The smallest absolute Gasteiger partial charge is 0.247 e. The Kier molecular flexibility index (Phi) is 6.20. The molecule has 2 amide bonds. The zero-order valence-corrected chi connectivity index (χ0v) is 15.6. The summed E-state index contributed by atoms with van der Waals surface area (Å²) in [5.74, 6) is 0.516. The summed E-state index contributed by atoms with van der Waals surface area (Å²) < 4.78 is 0. The van der Waals surface area contributed by atoms with Crippen molar-refractivity contribution in [3.8, 4) is 0 Å². The second kappa shape index (κ2) is 8.39. The Morgan fingerprint density at radius 3 is 2.68 bits per heavy atom. The van der Waals surface area contributed by atoms with E-state index >= 15 is 0 Å². The third-order valence-electron chi connectivity index (χ3n) is 4.72. The van der Waals surface area contributed by atoms with E-state index in [-0.39, 0.29) is 11.8 Å². The molecule has 1 saturated heterocycles. The van der Waals surface area contributed by atoms with Gasteiger partial charge >= 0.3 is 0 Å². The summed E-state index contributed by atoms with van der Waals surface area (Å²) in [5.41, 5.74) is 0.515. The Hall–Kier alpha value is -1.30. The van der Waals surface area contributed by atoms with E-state index in [2.05, 4.69) is 10.6 Å². The minimum Gasteiger partial charge on any atom is -0.330 e. The van der Waals surface area contributed by atoms with Crippen LogP contribution in [0, 0.1) is 5.92 Å². The summed E-state index contributed by atoms with van der Waals surface area (Å²) in [4.78, 5) is 26.9. The molecule has 1 aliphatic heterocycles. The number of amides is 2.